The molecule has 100 valence electrons. The molecular formula is C13H12ClNO3S. The predicted octanol–water partition coefficient (Wildman–Crippen LogP) is 3.10. The molecule has 0 spiro atoms. The van der Waals surface area contributed by atoms with Crippen molar-refractivity contribution >= 4 is 28.9 Å². The summed E-state index contributed by atoms with van der Waals surface area (Å²) in [5.41, 5.74) is 1.70. The molecule has 6 heteroatoms. The van der Waals surface area contributed by atoms with Crippen molar-refractivity contribution in [1.82, 2.24) is 4.57 Å². The number of hydrogen-bond donors (Lipinski definition) is 1. The van der Waals surface area contributed by atoms with E-state index < -0.39 is 5.97 Å². The lowest BCUT2D eigenvalue weighted by atomic mass is 10.1. The lowest BCUT2D eigenvalue weighted by Gasteiger charge is -2.07. The van der Waals surface area contributed by atoms with E-state index in [1.807, 2.05) is 12.1 Å². The van der Waals surface area contributed by atoms with Crippen molar-refractivity contribution in [3.05, 3.63) is 44.3 Å². The van der Waals surface area contributed by atoms with E-state index in [1.165, 1.54) is 0 Å². The summed E-state index contributed by atoms with van der Waals surface area (Å²) in [6, 6.07) is 7.22. The summed E-state index contributed by atoms with van der Waals surface area (Å²) in [4.78, 5) is 22.2. The lowest BCUT2D eigenvalue weighted by molar-refractivity contribution is -0.137. The van der Waals surface area contributed by atoms with Crippen LogP contribution in [0, 0.1) is 0 Å². The van der Waals surface area contributed by atoms with Crippen LogP contribution < -0.4 is 4.87 Å². The van der Waals surface area contributed by atoms with Crippen LogP contribution in [0.2, 0.25) is 5.02 Å². The Labute approximate surface area is 118 Å². The Morgan fingerprint density at radius 1 is 1.32 bits per heavy atom. The molecule has 4 nitrogen and oxygen atoms in total. The molecule has 0 saturated carbocycles. The molecule has 1 heterocycles. The highest BCUT2D eigenvalue weighted by molar-refractivity contribution is 7.07. The minimum Gasteiger partial charge on any atom is -0.481 e. The third-order valence-electron chi connectivity index (χ3n) is 2.69. The molecular weight excluding hydrogens is 286 g/mol. The first kappa shape index (κ1) is 13.8. The fourth-order valence-corrected chi connectivity index (χ4v) is 2.70. The third kappa shape index (κ3) is 3.45. The first-order chi connectivity index (χ1) is 9.08. The van der Waals surface area contributed by atoms with E-state index in [2.05, 4.69) is 0 Å². The van der Waals surface area contributed by atoms with Crippen LogP contribution in [0.5, 0.6) is 0 Å². The summed E-state index contributed by atoms with van der Waals surface area (Å²) in [5, 5.41) is 11.1. The summed E-state index contributed by atoms with van der Waals surface area (Å²) in [6.45, 7) is 0.409. The number of benzene rings is 1. The second-order valence-electron chi connectivity index (χ2n) is 4.04. The highest BCUT2D eigenvalue weighted by atomic mass is 35.5. The topological polar surface area (TPSA) is 59.3 Å². The Morgan fingerprint density at radius 3 is 2.63 bits per heavy atom. The van der Waals surface area contributed by atoms with E-state index in [9.17, 15) is 9.59 Å². The van der Waals surface area contributed by atoms with Gasteiger partial charge in [0.15, 0.2) is 0 Å². The SMILES string of the molecule is O=C(O)CCCn1c(-c2ccc(Cl)cc2)csc1=O. The maximum absolute atomic E-state index is 11.8. The highest BCUT2D eigenvalue weighted by Gasteiger charge is 2.09. The molecule has 0 bridgehead atoms. The van der Waals surface area contributed by atoms with Gasteiger partial charge in [-0.2, -0.15) is 0 Å². The maximum Gasteiger partial charge on any atom is 0.307 e. The molecule has 2 aromatic rings. The van der Waals surface area contributed by atoms with E-state index in [1.54, 1.807) is 22.1 Å². The Balaban J connectivity index is 2.24. The van der Waals surface area contributed by atoms with Crippen molar-refractivity contribution in [3.63, 3.8) is 0 Å². The van der Waals surface area contributed by atoms with Gasteiger partial charge in [0.05, 0.1) is 5.69 Å². The summed E-state index contributed by atoms with van der Waals surface area (Å²) in [5.74, 6) is -0.851. The number of thiazole rings is 1. The Kier molecular flexibility index (Phi) is 4.39. The number of carboxylic acid groups (broad SMARTS) is 1. The molecule has 0 saturated heterocycles. The Hall–Kier alpha value is -1.59. The van der Waals surface area contributed by atoms with Crippen LogP contribution in [-0.2, 0) is 11.3 Å². The van der Waals surface area contributed by atoms with E-state index in [4.69, 9.17) is 16.7 Å². The van der Waals surface area contributed by atoms with Crippen molar-refractivity contribution in [3.8, 4) is 11.3 Å². The van der Waals surface area contributed by atoms with Gasteiger partial charge in [0, 0.05) is 23.4 Å². The minimum atomic E-state index is -0.851. The van der Waals surface area contributed by atoms with Gasteiger partial charge in [-0.3, -0.25) is 14.2 Å². The number of carboxylic acids is 1. The molecule has 0 aliphatic rings. The molecule has 0 fully saturated rings. The number of aliphatic carboxylic acids is 1. The first-order valence-corrected chi connectivity index (χ1v) is 7.00. The van der Waals surface area contributed by atoms with Crippen molar-refractivity contribution in [2.75, 3.05) is 0 Å². The van der Waals surface area contributed by atoms with E-state index in [-0.39, 0.29) is 11.3 Å². The molecule has 1 N–H and O–H groups in total. The first-order valence-electron chi connectivity index (χ1n) is 5.74. The van der Waals surface area contributed by atoms with Crippen molar-refractivity contribution < 1.29 is 9.90 Å². The zero-order chi connectivity index (χ0) is 13.8. The normalized spacial score (nSPS) is 10.6. The number of halogens is 1. The standard InChI is InChI=1S/C13H12ClNO3S/c14-10-5-3-9(4-6-10)11-8-19-13(18)15(11)7-1-2-12(16)17/h3-6,8H,1-2,7H2,(H,16,17). The predicted molar refractivity (Wildman–Crippen MR) is 75.9 cm³/mol. The molecule has 0 radical (unpaired) electrons. The largest absolute Gasteiger partial charge is 0.481 e. The number of aromatic nitrogens is 1. The summed E-state index contributed by atoms with van der Waals surface area (Å²) < 4.78 is 1.61. The summed E-state index contributed by atoms with van der Waals surface area (Å²) in [6.07, 6.45) is 0.495. The van der Waals surface area contributed by atoms with Crippen LogP contribution in [-0.4, -0.2) is 15.6 Å². The van der Waals surface area contributed by atoms with Gasteiger partial charge in [0.25, 0.3) is 0 Å². The average molecular weight is 298 g/mol. The Morgan fingerprint density at radius 2 is 2.00 bits per heavy atom. The molecule has 0 amide bonds. The van der Waals surface area contributed by atoms with E-state index >= 15 is 0 Å². The van der Waals surface area contributed by atoms with Crippen molar-refractivity contribution in [1.29, 1.82) is 0 Å². The zero-order valence-electron chi connectivity index (χ0n) is 10.0. The minimum absolute atomic E-state index is 0.0579. The fraction of sp³-hybridized carbons (Fsp3) is 0.231. The van der Waals surface area contributed by atoms with Crippen LogP contribution in [0.1, 0.15) is 12.8 Å². The number of rotatable bonds is 5. The highest BCUT2D eigenvalue weighted by Crippen LogP contribution is 2.22. The number of nitrogens with zero attached hydrogens (tertiary/aromatic N) is 1. The smallest absolute Gasteiger partial charge is 0.307 e. The molecule has 1 aromatic heterocycles. The molecule has 2 rings (SSSR count). The third-order valence-corrected chi connectivity index (χ3v) is 3.71. The van der Waals surface area contributed by atoms with Crippen LogP contribution >= 0.6 is 22.9 Å². The summed E-state index contributed by atoms with van der Waals surface area (Å²) >= 11 is 6.95. The van der Waals surface area contributed by atoms with Crippen molar-refractivity contribution in [2.24, 2.45) is 0 Å². The molecule has 0 atom stereocenters. The van der Waals surface area contributed by atoms with Crippen LogP contribution in [0.4, 0.5) is 0 Å². The average Bonchev–Trinajstić information content (AvgIpc) is 2.72. The second kappa shape index (κ2) is 6.04. The van der Waals surface area contributed by atoms with E-state index in [0.29, 0.717) is 18.0 Å². The van der Waals surface area contributed by atoms with Gasteiger partial charge >= 0.3 is 10.8 Å². The molecule has 0 aliphatic carbocycles. The molecule has 0 aliphatic heterocycles. The van der Waals surface area contributed by atoms with Crippen LogP contribution in [0.15, 0.2) is 34.4 Å². The monoisotopic (exact) mass is 297 g/mol. The molecule has 1 aromatic carbocycles. The Bertz CT molecular complexity index is 630. The second-order valence-corrected chi connectivity index (χ2v) is 5.30. The van der Waals surface area contributed by atoms with Gasteiger partial charge < -0.3 is 5.11 Å². The molecule has 19 heavy (non-hydrogen) atoms. The quantitative estimate of drug-likeness (QED) is 0.922. The zero-order valence-corrected chi connectivity index (χ0v) is 11.6. The lowest BCUT2D eigenvalue weighted by Crippen LogP contribution is -2.15. The van der Waals surface area contributed by atoms with Gasteiger partial charge in [-0.25, -0.2) is 0 Å². The fourth-order valence-electron chi connectivity index (χ4n) is 1.78. The van der Waals surface area contributed by atoms with Crippen molar-refractivity contribution in [2.45, 2.75) is 19.4 Å². The van der Waals surface area contributed by atoms with Gasteiger partial charge in [-0.05, 0) is 24.1 Å². The molecule has 0 unspecified atom stereocenters. The number of carbonyl (C=O) groups is 1. The van der Waals surface area contributed by atoms with Crippen LogP contribution in [0.3, 0.4) is 0 Å². The van der Waals surface area contributed by atoms with Gasteiger partial charge in [0.1, 0.15) is 0 Å². The van der Waals surface area contributed by atoms with Gasteiger partial charge in [-0.1, -0.05) is 35.1 Å². The number of hydrogen-bond acceptors (Lipinski definition) is 3. The van der Waals surface area contributed by atoms with Crippen LogP contribution in [0.25, 0.3) is 11.3 Å². The van der Waals surface area contributed by atoms with Gasteiger partial charge in [-0.15, -0.1) is 0 Å². The van der Waals surface area contributed by atoms with E-state index in [0.717, 1.165) is 22.6 Å². The summed E-state index contributed by atoms with van der Waals surface area (Å²) in [7, 11) is 0. The maximum atomic E-state index is 11.8. The van der Waals surface area contributed by atoms with Gasteiger partial charge in [0.2, 0.25) is 0 Å².